The lowest BCUT2D eigenvalue weighted by atomic mass is 10.0. The highest BCUT2D eigenvalue weighted by atomic mass is 16.6. The fourth-order valence-corrected chi connectivity index (χ4v) is 2.43. The maximum Gasteiger partial charge on any atom is 0.314 e. The quantitative estimate of drug-likeness (QED) is 0.638. The zero-order valence-corrected chi connectivity index (χ0v) is 11.6. The second kappa shape index (κ2) is 6.06. The van der Waals surface area contributed by atoms with E-state index in [-0.39, 0.29) is 17.5 Å². The Kier molecular flexibility index (Phi) is 4.41. The van der Waals surface area contributed by atoms with Gasteiger partial charge < -0.3 is 15.2 Å². The van der Waals surface area contributed by atoms with Crippen LogP contribution in [0.5, 0.6) is 11.5 Å². The van der Waals surface area contributed by atoms with Crippen LogP contribution in [0.15, 0.2) is 12.1 Å². The summed E-state index contributed by atoms with van der Waals surface area (Å²) in [6.45, 7) is 5.58. The second-order valence-electron chi connectivity index (χ2n) is 4.81. The van der Waals surface area contributed by atoms with Gasteiger partial charge in [-0.15, -0.1) is 0 Å². The van der Waals surface area contributed by atoms with E-state index in [1.165, 1.54) is 13.2 Å². The first-order valence-electron chi connectivity index (χ1n) is 6.54. The molecule has 0 unspecified atom stereocenters. The molecule has 1 saturated heterocycles. The lowest BCUT2D eigenvalue weighted by Crippen LogP contribution is -2.44. The van der Waals surface area contributed by atoms with Gasteiger partial charge in [-0.1, -0.05) is 0 Å². The third-order valence-corrected chi connectivity index (χ3v) is 3.68. The van der Waals surface area contributed by atoms with Gasteiger partial charge in [-0.3, -0.25) is 15.0 Å². The molecule has 1 aromatic rings. The molecule has 1 aliphatic heterocycles. The first-order chi connectivity index (χ1) is 9.54. The Morgan fingerprint density at radius 1 is 1.45 bits per heavy atom. The summed E-state index contributed by atoms with van der Waals surface area (Å²) >= 11 is 0. The number of ether oxygens (including phenoxy) is 1. The van der Waals surface area contributed by atoms with Crippen LogP contribution in [0.1, 0.15) is 18.5 Å². The van der Waals surface area contributed by atoms with Crippen molar-refractivity contribution in [3.05, 3.63) is 27.8 Å². The van der Waals surface area contributed by atoms with Crippen molar-refractivity contribution in [1.82, 2.24) is 10.2 Å². The number of rotatable bonds is 4. The summed E-state index contributed by atoms with van der Waals surface area (Å²) in [5, 5.41) is 24.1. The molecule has 0 spiro atoms. The van der Waals surface area contributed by atoms with E-state index in [2.05, 4.69) is 10.2 Å². The van der Waals surface area contributed by atoms with Gasteiger partial charge >= 0.3 is 5.69 Å². The van der Waals surface area contributed by atoms with Gasteiger partial charge in [0.05, 0.1) is 12.0 Å². The maximum atomic E-state index is 11.0. The number of benzene rings is 1. The maximum absolute atomic E-state index is 11.0. The number of hydrogen-bond acceptors (Lipinski definition) is 6. The van der Waals surface area contributed by atoms with E-state index in [9.17, 15) is 15.2 Å². The minimum atomic E-state index is -0.591. The molecular weight excluding hydrogens is 262 g/mol. The van der Waals surface area contributed by atoms with E-state index in [0.29, 0.717) is 0 Å². The van der Waals surface area contributed by atoms with E-state index in [0.717, 1.165) is 31.7 Å². The van der Waals surface area contributed by atoms with E-state index in [1.54, 1.807) is 6.07 Å². The van der Waals surface area contributed by atoms with E-state index < -0.39 is 10.7 Å². The topological polar surface area (TPSA) is 87.9 Å². The normalized spacial score (nSPS) is 17.7. The minimum Gasteiger partial charge on any atom is -0.500 e. The van der Waals surface area contributed by atoms with Gasteiger partial charge in [-0.2, -0.15) is 0 Å². The van der Waals surface area contributed by atoms with Gasteiger partial charge in [0.2, 0.25) is 5.75 Å². The van der Waals surface area contributed by atoms with Crippen LogP contribution in [0.25, 0.3) is 0 Å². The molecule has 2 N–H and O–H groups in total. The molecule has 110 valence electrons. The number of nitro groups is 1. The van der Waals surface area contributed by atoms with Crippen LogP contribution >= 0.6 is 0 Å². The summed E-state index contributed by atoms with van der Waals surface area (Å²) in [4.78, 5) is 12.7. The predicted molar refractivity (Wildman–Crippen MR) is 74.2 cm³/mol. The molecule has 2 rings (SSSR count). The molecule has 0 aromatic heterocycles. The number of phenols is 1. The second-order valence-corrected chi connectivity index (χ2v) is 4.81. The van der Waals surface area contributed by atoms with Crippen molar-refractivity contribution in [2.75, 3.05) is 33.3 Å². The summed E-state index contributed by atoms with van der Waals surface area (Å²) in [6.07, 6.45) is 0. The number of hydrogen-bond donors (Lipinski definition) is 2. The standard InChI is InChI=1S/C13H19N3O4/c1-9(15-5-3-14-4-6-15)10-7-11(16(18)19)13(17)12(8-10)20-2/h7-9,14,17H,3-6H2,1-2H3/t9-/m1/s1. The summed E-state index contributed by atoms with van der Waals surface area (Å²) in [6, 6.07) is 3.12. The zero-order valence-electron chi connectivity index (χ0n) is 11.6. The minimum absolute atomic E-state index is 0.0327. The smallest absolute Gasteiger partial charge is 0.314 e. The highest BCUT2D eigenvalue weighted by molar-refractivity contribution is 5.57. The van der Waals surface area contributed by atoms with Crippen LogP contribution < -0.4 is 10.1 Å². The van der Waals surface area contributed by atoms with Crippen LogP contribution in [0.4, 0.5) is 5.69 Å². The third-order valence-electron chi connectivity index (χ3n) is 3.68. The van der Waals surface area contributed by atoms with E-state index in [4.69, 9.17) is 4.74 Å². The molecule has 0 amide bonds. The number of nitrogens with one attached hydrogen (secondary N) is 1. The van der Waals surface area contributed by atoms with Crippen molar-refractivity contribution >= 4 is 5.69 Å². The molecule has 0 saturated carbocycles. The number of methoxy groups -OCH3 is 1. The molecule has 1 aliphatic rings. The van der Waals surface area contributed by atoms with Crippen LogP contribution in [-0.2, 0) is 0 Å². The Morgan fingerprint density at radius 3 is 2.65 bits per heavy atom. The Labute approximate surface area is 117 Å². The van der Waals surface area contributed by atoms with Gasteiger partial charge in [-0.05, 0) is 18.6 Å². The molecule has 7 heteroatoms. The highest BCUT2D eigenvalue weighted by Crippen LogP contribution is 2.39. The summed E-state index contributed by atoms with van der Waals surface area (Å²) in [7, 11) is 1.39. The summed E-state index contributed by atoms with van der Waals surface area (Å²) in [5.41, 5.74) is 0.453. The molecule has 0 radical (unpaired) electrons. The van der Waals surface area contributed by atoms with Crippen molar-refractivity contribution in [1.29, 1.82) is 0 Å². The van der Waals surface area contributed by atoms with Crippen molar-refractivity contribution < 1.29 is 14.8 Å². The SMILES string of the molecule is COc1cc([C@@H](C)N2CCNCC2)cc([N+](=O)[O-])c1O. The lowest BCUT2D eigenvalue weighted by molar-refractivity contribution is -0.386. The van der Waals surface area contributed by atoms with Crippen LogP contribution in [0.3, 0.4) is 0 Å². The van der Waals surface area contributed by atoms with Gasteiger partial charge in [-0.25, -0.2) is 0 Å². The number of phenolic OH excluding ortho intramolecular Hbond substituents is 1. The Hall–Kier alpha value is -1.86. The molecular formula is C13H19N3O4. The average Bonchev–Trinajstić information content (AvgIpc) is 2.47. The molecule has 1 aromatic carbocycles. The molecule has 0 bridgehead atoms. The van der Waals surface area contributed by atoms with Gasteiger partial charge in [0.1, 0.15) is 0 Å². The van der Waals surface area contributed by atoms with Crippen molar-refractivity contribution in [3.8, 4) is 11.5 Å². The highest BCUT2D eigenvalue weighted by Gasteiger charge is 2.25. The van der Waals surface area contributed by atoms with Crippen LogP contribution in [-0.4, -0.2) is 48.2 Å². The number of nitrogens with zero attached hydrogens (tertiary/aromatic N) is 2. The average molecular weight is 281 g/mol. The van der Waals surface area contributed by atoms with Crippen molar-refractivity contribution in [2.24, 2.45) is 0 Å². The fraction of sp³-hybridized carbons (Fsp3) is 0.538. The van der Waals surface area contributed by atoms with Crippen molar-refractivity contribution in [2.45, 2.75) is 13.0 Å². The molecule has 1 atom stereocenters. The lowest BCUT2D eigenvalue weighted by Gasteiger charge is -2.33. The van der Waals surface area contributed by atoms with Crippen LogP contribution in [0.2, 0.25) is 0 Å². The first-order valence-corrected chi connectivity index (χ1v) is 6.54. The summed E-state index contributed by atoms with van der Waals surface area (Å²) in [5.74, 6) is -0.287. The van der Waals surface area contributed by atoms with Crippen molar-refractivity contribution in [3.63, 3.8) is 0 Å². The third kappa shape index (κ3) is 2.83. The van der Waals surface area contributed by atoms with E-state index >= 15 is 0 Å². The predicted octanol–water partition coefficient (Wildman–Crippen LogP) is 1.28. The number of nitro benzene ring substituents is 1. The molecule has 1 heterocycles. The molecule has 20 heavy (non-hydrogen) atoms. The zero-order chi connectivity index (χ0) is 14.7. The fourth-order valence-electron chi connectivity index (χ4n) is 2.43. The monoisotopic (exact) mass is 281 g/mol. The van der Waals surface area contributed by atoms with Crippen LogP contribution in [0, 0.1) is 10.1 Å². The summed E-state index contributed by atoms with van der Waals surface area (Å²) < 4.78 is 5.03. The molecule has 0 aliphatic carbocycles. The Morgan fingerprint density at radius 2 is 2.10 bits per heavy atom. The van der Waals surface area contributed by atoms with Gasteiger partial charge in [0, 0.05) is 38.3 Å². The first kappa shape index (κ1) is 14.5. The Balaban J connectivity index is 2.35. The van der Waals surface area contributed by atoms with Gasteiger partial charge in [0.15, 0.2) is 5.75 Å². The molecule has 1 fully saturated rings. The number of piperazine rings is 1. The number of aromatic hydroxyl groups is 1. The Bertz CT molecular complexity index is 501. The molecule has 7 nitrogen and oxygen atoms in total. The largest absolute Gasteiger partial charge is 0.500 e. The van der Waals surface area contributed by atoms with Gasteiger partial charge in [0.25, 0.3) is 0 Å². The van der Waals surface area contributed by atoms with E-state index in [1.807, 2.05) is 6.92 Å².